The van der Waals surface area contributed by atoms with Crippen LogP contribution in [-0.2, 0) is 4.74 Å². The van der Waals surface area contributed by atoms with Crippen LogP contribution in [-0.4, -0.2) is 29.2 Å². The van der Waals surface area contributed by atoms with Crippen LogP contribution in [0.1, 0.15) is 34.1 Å². The Balaban J connectivity index is 4.38. The summed E-state index contributed by atoms with van der Waals surface area (Å²) in [6.07, 6.45) is -0.0332. The van der Waals surface area contributed by atoms with E-state index in [1.165, 1.54) is 0 Å². The van der Waals surface area contributed by atoms with E-state index in [1.807, 2.05) is 6.92 Å². The van der Waals surface area contributed by atoms with Gasteiger partial charge in [0.25, 0.3) is 0 Å². The van der Waals surface area contributed by atoms with Crippen molar-refractivity contribution >= 4 is 12.1 Å². The summed E-state index contributed by atoms with van der Waals surface area (Å²) in [7, 11) is 0. The molecule has 0 saturated heterocycles. The highest BCUT2D eigenvalue weighted by Crippen LogP contribution is 2.09. The molecule has 3 amide bonds. The second kappa shape index (κ2) is 4.83. The van der Waals surface area contributed by atoms with Gasteiger partial charge in [-0.15, -0.1) is 0 Å². The lowest BCUT2D eigenvalue weighted by molar-refractivity contribution is 0.0329. The third-order valence-electron chi connectivity index (χ3n) is 1.33. The number of carbonyl (C=O) groups is 2. The fourth-order valence-electron chi connectivity index (χ4n) is 0.832. The smallest absolute Gasteiger partial charge is 0.418 e. The Kier molecular flexibility index (Phi) is 4.40. The molecule has 14 heavy (non-hydrogen) atoms. The number of hydrogen-bond acceptors (Lipinski definition) is 3. The third-order valence-corrected chi connectivity index (χ3v) is 1.33. The Morgan fingerprint density at radius 1 is 1.36 bits per heavy atom. The van der Waals surface area contributed by atoms with Crippen molar-refractivity contribution in [2.45, 2.75) is 39.7 Å². The maximum absolute atomic E-state index is 11.4. The lowest BCUT2D eigenvalue weighted by atomic mass is 10.2. The van der Waals surface area contributed by atoms with E-state index in [0.717, 1.165) is 4.90 Å². The summed E-state index contributed by atoms with van der Waals surface area (Å²) < 4.78 is 5.00. The van der Waals surface area contributed by atoms with Crippen molar-refractivity contribution in [3.05, 3.63) is 0 Å². The molecule has 0 aliphatic rings. The number of hydrogen-bond donors (Lipinski definition) is 1. The maximum atomic E-state index is 11.4. The van der Waals surface area contributed by atoms with E-state index in [4.69, 9.17) is 10.5 Å². The van der Waals surface area contributed by atoms with E-state index < -0.39 is 17.7 Å². The van der Waals surface area contributed by atoms with Gasteiger partial charge in [-0.25, -0.2) is 14.5 Å². The largest absolute Gasteiger partial charge is 0.443 e. The van der Waals surface area contributed by atoms with Gasteiger partial charge >= 0.3 is 12.1 Å². The average molecular weight is 202 g/mol. The molecule has 0 aromatic rings. The third kappa shape index (κ3) is 4.69. The molecule has 0 bridgehead atoms. The predicted octanol–water partition coefficient (Wildman–Crippen LogP) is 1.71. The fourth-order valence-corrected chi connectivity index (χ4v) is 0.832. The van der Waals surface area contributed by atoms with E-state index in [-0.39, 0.29) is 6.54 Å². The number of rotatable bonds is 2. The molecule has 0 rings (SSSR count). The van der Waals surface area contributed by atoms with Crippen LogP contribution in [0.4, 0.5) is 9.59 Å². The van der Waals surface area contributed by atoms with E-state index >= 15 is 0 Å². The highest BCUT2D eigenvalue weighted by molar-refractivity contribution is 5.90. The number of urea groups is 1. The SMILES string of the molecule is CCCN(C(N)=O)C(=O)OC(C)(C)C. The zero-order valence-electron chi connectivity index (χ0n) is 9.16. The van der Waals surface area contributed by atoms with Crippen LogP contribution in [0, 0.1) is 0 Å². The Labute approximate surface area is 84.2 Å². The Morgan fingerprint density at radius 3 is 2.14 bits per heavy atom. The van der Waals surface area contributed by atoms with Crippen LogP contribution in [0.2, 0.25) is 0 Å². The van der Waals surface area contributed by atoms with Crippen LogP contribution < -0.4 is 5.73 Å². The van der Waals surface area contributed by atoms with Gasteiger partial charge in [0.15, 0.2) is 0 Å². The molecule has 82 valence electrons. The van der Waals surface area contributed by atoms with Gasteiger partial charge in [0.05, 0.1) is 0 Å². The zero-order chi connectivity index (χ0) is 11.4. The van der Waals surface area contributed by atoms with Crippen LogP contribution in [0.3, 0.4) is 0 Å². The Bertz CT molecular complexity index is 221. The summed E-state index contributed by atoms with van der Waals surface area (Å²) in [5.41, 5.74) is 4.42. The molecular formula is C9H18N2O3. The minimum absolute atomic E-state index is 0.282. The van der Waals surface area contributed by atoms with Gasteiger partial charge in [-0.05, 0) is 27.2 Å². The summed E-state index contributed by atoms with van der Waals surface area (Å²) in [4.78, 5) is 23.2. The molecule has 0 aliphatic heterocycles. The van der Waals surface area contributed by atoms with Gasteiger partial charge < -0.3 is 10.5 Å². The molecule has 0 saturated carbocycles. The molecule has 0 aromatic heterocycles. The molecule has 0 spiro atoms. The van der Waals surface area contributed by atoms with Gasteiger partial charge in [-0.3, -0.25) is 0 Å². The number of nitrogens with zero attached hydrogens (tertiary/aromatic N) is 1. The molecule has 0 atom stereocenters. The minimum Gasteiger partial charge on any atom is -0.443 e. The molecule has 2 N–H and O–H groups in total. The van der Waals surface area contributed by atoms with Gasteiger partial charge in [-0.2, -0.15) is 0 Å². The lowest BCUT2D eigenvalue weighted by Gasteiger charge is -2.24. The lowest BCUT2D eigenvalue weighted by Crippen LogP contribution is -2.44. The van der Waals surface area contributed by atoms with Crippen molar-refractivity contribution < 1.29 is 14.3 Å². The predicted molar refractivity (Wildman–Crippen MR) is 52.8 cm³/mol. The van der Waals surface area contributed by atoms with Crippen molar-refractivity contribution in [1.29, 1.82) is 0 Å². The van der Waals surface area contributed by atoms with Crippen molar-refractivity contribution in [1.82, 2.24) is 4.90 Å². The first kappa shape index (κ1) is 12.7. The van der Waals surface area contributed by atoms with E-state index in [1.54, 1.807) is 20.8 Å². The number of ether oxygens (including phenoxy) is 1. The average Bonchev–Trinajstić information content (AvgIpc) is 1.95. The van der Waals surface area contributed by atoms with E-state index in [2.05, 4.69) is 0 Å². The number of primary amides is 1. The number of nitrogens with two attached hydrogens (primary N) is 1. The molecule has 5 nitrogen and oxygen atoms in total. The first-order valence-electron chi connectivity index (χ1n) is 4.58. The maximum Gasteiger partial charge on any atom is 0.418 e. The van der Waals surface area contributed by atoms with E-state index in [9.17, 15) is 9.59 Å². The number of amides is 3. The fraction of sp³-hybridized carbons (Fsp3) is 0.778. The molecular weight excluding hydrogens is 184 g/mol. The Hall–Kier alpha value is -1.26. The summed E-state index contributed by atoms with van der Waals surface area (Å²) >= 11 is 0. The minimum atomic E-state index is -0.777. The Morgan fingerprint density at radius 2 is 1.86 bits per heavy atom. The topological polar surface area (TPSA) is 72.6 Å². The van der Waals surface area contributed by atoms with Crippen LogP contribution >= 0.6 is 0 Å². The molecule has 0 radical (unpaired) electrons. The standard InChI is InChI=1S/C9H18N2O3/c1-5-6-11(7(10)12)8(13)14-9(2,3)4/h5-6H2,1-4H3,(H2,10,12). The van der Waals surface area contributed by atoms with Crippen molar-refractivity contribution in [3.8, 4) is 0 Å². The molecule has 0 unspecified atom stereocenters. The molecule has 5 heteroatoms. The van der Waals surface area contributed by atoms with Gasteiger partial charge in [0.1, 0.15) is 5.60 Å². The summed E-state index contributed by atoms with van der Waals surface area (Å²) in [5, 5.41) is 0. The normalized spacial score (nSPS) is 10.9. The zero-order valence-corrected chi connectivity index (χ0v) is 9.16. The molecule has 0 fully saturated rings. The van der Waals surface area contributed by atoms with Gasteiger partial charge in [0.2, 0.25) is 0 Å². The first-order chi connectivity index (χ1) is 6.28. The summed E-state index contributed by atoms with van der Waals surface area (Å²) in [6, 6.07) is -0.777. The van der Waals surface area contributed by atoms with Gasteiger partial charge in [-0.1, -0.05) is 6.92 Å². The molecule has 0 heterocycles. The van der Waals surface area contributed by atoms with Crippen LogP contribution in [0.25, 0.3) is 0 Å². The van der Waals surface area contributed by atoms with Crippen molar-refractivity contribution in [2.75, 3.05) is 6.54 Å². The highest BCUT2D eigenvalue weighted by Gasteiger charge is 2.24. The van der Waals surface area contributed by atoms with Crippen molar-refractivity contribution in [3.63, 3.8) is 0 Å². The molecule has 0 aliphatic carbocycles. The second-order valence-electron chi connectivity index (χ2n) is 3.97. The summed E-state index contributed by atoms with van der Waals surface area (Å²) in [6.45, 7) is 7.33. The quantitative estimate of drug-likeness (QED) is 0.740. The first-order valence-corrected chi connectivity index (χ1v) is 4.58. The number of imide groups is 1. The van der Waals surface area contributed by atoms with Crippen molar-refractivity contribution in [2.24, 2.45) is 5.73 Å². The van der Waals surface area contributed by atoms with E-state index in [0.29, 0.717) is 6.42 Å². The number of carbonyl (C=O) groups excluding carboxylic acids is 2. The monoisotopic (exact) mass is 202 g/mol. The second-order valence-corrected chi connectivity index (χ2v) is 3.97. The highest BCUT2D eigenvalue weighted by atomic mass is 16.6. The van der Waals surface area contributed by atoms with Crippen LogP contribution in [0.5, 0.6) is 0 Å². The van der Waals surface area contributed by atoms with Crippen LogP contribution in [0.15, 0.2) is 0 Å². The van der Waals surface area contributed by atoms with Gasteiger partial charge in [0, 0.05) is 6.54 Å². The summed E-state index contributed by atoms with van der Waals surface area (Å²) in [5.74, 6) is 0. The molecule has 0 aromatic carbocycles.